The van der Waals surface area contributed by atoms with Crippen molar-refractivity contribution in [2.45, 2.75) is 52.6 Å². The van der Waals surface area contributed by atoms with Crippen LogP contribution in [0.3, 0.4) is 0 Å². The second-order valence-corrected chi connectivity index (χ2v) is 7.73. The second-order valence-electron chi connectivity index (χ2n) is 7.73. The van der Waals surface area contributed by atoms with E-state index in [2.05, 4.69) is 15.5 Å². The Bertz CT molecular complexity index is 1040. The summed E-state index contributed by atoms with van der Waals surface area (Å²) in [4.78, 5) is 26.9. The first-order valence-electron chi connectivity index (χ1n) is 10.6. The molecule has 0 bridgehead atoms. The van der Waals surface area contributed by atoms with Crippen molar-refractivity contribution < 1.29 is 9.59 Å². The first-order chi connectivity index (χ1) is 14.6. The van der Waals surface area contributed by atoms with Crippen LogP contribution >= 0.6 is 0 Å². The average Bonchev–Trinajstić information content (AvgIpc) is 3.34. The normalized spacial score (nSPS) is 14.3. The number of likely N-dealkylation sites (tertiary alicyclic amines) is 1. The van der Waals surface area contributed by atoms with E-state index in [4.69, 9.17) is 0 Å². The fourth-order valence-electron chi connectivity index (χ4n) is 4.04. The molecule has 3 heterocycles. The predicted molar refractivity (Wildman–Crippen MR) is 115 cm³/mol. The number of carbonyl (C=O) groups excluding carboxylic acids is 2. The SMILES string of the molecule is CCn1nc(C)c2c1cnn2CCC(=O)Nc1ccc(C(=O)N2CCCCC2)cc1. The summed E-state index contributed by atoms with van der Waals surface area (Å²) < 4.78 is 3.75. The Morgan fingerprint density at radius 1 is 1.07 bits per heavy atom. The van der Waals surface area contributed by atoms with Crippen molar-refractivity contribution in [3.8, 4) is 0 Å². The van der Waals surface area contributed by atoms with Crippen LogP contribution in [0.1, 0.15) is 48.7 Å². The van der Waals surface area contributed by atoms with Gasteiger partial charge in [-0.1, -0.05) is 0 Å². The lowest BCUT2D eigenvalue weighted by Gasteiger charge is -2.26. The molecule has 0 aliphatic carbocycles. The molecule has 1 fully saturated rings. The molecule has 0 radical (unpaired) electrons. The molecule has 2 aromatic heterocycles. The lowest BCUT2D eigenvalue weighted by Crippen LogP contribution is -2.35. The summed E-state index contributed by atoms with van der Waals surface area (Å²) in [6.07, 6.45) is 5.44. The van der Waals surface area contributed by atoms with Crippen LogP contribution in [0, 0.1) is 6.92 Å². The molecule has 0 saturated carbocycles. The van der Waals surface area contributed by atoms with Crippen LogP contribution in [0.4, 0.5) is 5.69 Å². The number of carbonyl (C=O) groups is 2. The average molecular weight is 409 g/mol. The molecule has 1 aliphatic heterocycles. The van der Waals surface area contributed by atoms with Gasteiger partial charge in [0.2, 0.25) is 5.91 Å². The Morgan fingerprint density at radius 2 is 1.80 bits per heavy atom. The maximum atomic E-state index is 12.5. The molecule has 0 atom stereocenters. The Balaban J connectivity index is 1.34. The number of fused-ring (bicyclic) bond motifs is 1. The minimum absolute atomic E-state index is 0.0678. The van der Waals surface area contributed by atoms with E-state index in [1.165, 1.54) is 6.42 Å². The zero-order chi connectivity index (χ0) is 21.1. The maximum absolute atomic E-state index is 12.5. The van der Waals surface area contributed by atoms with Crippen molar-refractivity contribution in [2.24, 2.45) is 0 Å². The topological polar surface area (TPSA) is 85.0 Å². The zero-order valence-corrected chi connectivity index (χ0v) is 17.6. The molecular formula is C22H28N6O2. The van der Waals surface area contributed by atoms with E-state index in [0.29, 0.717) is 24.2 Å². The number of nitrogens with zero attached hydrogens (tertiary/aromatic N) is 5. The zero-order valence-electron chi connectivity index (χ0n) is 17.6. The Hall–Kier alpha value is -3.16. The van der Waals surface area contributed by atoms with Crippen molar-refractivity contribution in [1.82, 2.24) is 24.5 Å². The van der Waals surface area contributed by atoms with E-state index in [-0.39, 0.29) is 11.8 Å². The fraction of sp³-hybridized carbons (Fsp3) is 0.455. The van der Waals surface area contributed by atoms with Gasteiger partial charge in [-0.05, 0) is 57.4 Å². The van der Waals surface area contributed by atoms with Gasteiger partial charge in [0.25, 0.3) is 5.91 Å². The molecule has 1 aromatic carbocycles. The highest BCUT2D eigenvalue weighted by Gasteiger charge is 2.18. The van der Waals surface area contributed by atoms with Gasteiger partial charge in [0, 0.05) is 37.3 Å². The van der Waals surface area contributed by atoms with Crippen LogP contribution in [0.15, 0.2) is 30.5 Å². The van der Waals surface area contributed by atoms with E-state index < -0.39 is 0 Å². The molecule has 3 aromatic rings. The summed E-state index contributed by atoms with van der Waals surface area (Å²) in [6.45, 7) is 6.93. The van der Waals surface area contributed by atoms with E-state index in [1.54, 1.807) is 30.5 Å². The van der Waals surface area contributed by atoms with Crippen molar-refractivity contribution >= 4 is 28.5 Å². The molecule has 4 rings (SSSR count). The highest BCUT2D eigenvalue weighted by Crippen LogP contribution is 2.19. The summed E-state index contributed by atoms with van der Waals surface area (Å²) in [7, 11) is 0. The van der Waals surface area contributed by atoms with Gasteiger partial charge in [0.05, 0.1) is 18.4 Å². The minimum Gasteiger partial charge on any atom is -0.339 e. The first kappa shape index (κ1) is 20.1. The van der Waals surface area contributed by atoms with E-state index in [9.17, 15) is 9.59 Å². The number of benzene rings is 1. The molecule has 1 saturated heterocycles. The number of aryl methyl sites for hydroxylation is 3. The molecule has 8 nitrogen and oxygen atoms in total. The highest BCUT2D eigenvalue weighted by molar-refractivity contribution is 5.96. The maximum Gasteiger partial charge on any atom is 0.253 e. The summed E-state index contributed by atoms with van der Waals surface area (Å²) in [5, 5.41) is 11.8. The molecule has 8 heteroatoms. The number of piperidine rings is 1. The van der Waals surface area contributed by atoms with Gasteiger partial charge in [0.15, 0.2) is 0 Å². The van der Waals surface area contributed by atoms with Gasteiger partial charge >= 0.3 is 0 Å². The third-order valence-corrected chi connectivity index (χ3v) is 5.62. The van der Waals surface area contributed by atoms with Crippen LogP contribution in [-0.4, -0.2) is 49.4 Å². The minimum atomic E-state index is -0.0886. The van der Waals surface area contributed by atoms with E-state index in [1.807, 2.05) is 28.1 Å². The second kappa shape index (κ2) is 8.69. The van der Waals surface area contributed by atoms with Gasteiger partial charge in [-0.3, -0.25) is 19.0 Å². The van der Waals surface area contributed by atoms with Gasteiger partial charge in [0.1, 0.15) is 11.0 Å². The van der Waals surface area contributed by atoms with Crippen molar-refractivity contribution in [1.29, 1.82) is 0 Å². The number of aromatic nitrogens is 4. The largest absolute Gasteiger partial charge is 0.339 e. The number of anilines is 1. The third kappa shape index (κ3) is 4.08. The van der Waals surface area contributed by atoms with E-state index in [0.717, 1.165) is 49.2 Å². The highest BCUT2D eigenvalue weighted by atomic mass is 16.2. The first-order valence-corrected chi connectivity index (χ1v) is 10.6. The van der Waals surface area contributed by atoms with Crippen LogP contribution in [0.2, 0.25) is 0 Å². The number of amides is 2. The van der Waals surface area contributed by atoms with Crippen LogP contribution < -0.4 is 5.32 Å². The van der Waals surface area contributed by atoms with Gasteiger partial charge in [-0.15, -0.1) is 0 Å². The Labute approximate surface area is 175 Å². The van der Waals surface area contributed by atoms with E-state index >= 15 is 0 Å². The predicted octanol–water partition coefficient (Wildman–Crippen LogP) is 3.22. The van der Waals surface area contributed by atoms with Crippen LogP contribution in [0.5, 0.6) is 0 Å². The molecule has 0 unspecified atom stereocenters. The smallest absolute Gasteiger partial charge is 0.253 e. The molecule has 158 valence electrons. The standard InChI is InChI=1S/C22H28N6O2/c1-3-27-19-15-23-28(21(19)16(2)25-27)14-11-20(29)24-18-9-7-17(8-10-18)22(30)26-12-5-4-6-13-26/h7-10,15H,3-6,11-14H2,1-2H3,(H,24,29). The number of rotatable bonds is 6. The summed E-state index contributed by atoms with van der Waals surface area (Å²) >= 11 is 0. The quantitative estimate of drug-likeness (QED) is 0.679. The van der Waals surface area contributed by atoms with Gasteiger partial charge in [-0.25, -0.2) is 0 Å². The van der Waals surface area contributed by atoms with Crippen molar-refractivity contribution in [3.05, 3.63) is 41.7 Å². The molecule has 2 amide bonds. The molecular weight excluding hydrogens is 380 g/mol. The lowest BCUT2D eigenvalue weighted by molar-refractivity contribution is -0.116. The number of nitrogens with one attached hydrogen (secondary N) is 1. The Morgan fingerprint density at radius 3 is 2.50 bits per heavy atom. The Kier molecular flexibility index (Phi) is 5.83. The van der Waals surface area contributed by atoms with Crippen molar-refractivity contribution in [3.63, 3.8) is 0 Å². The van der Waals surface area contributed by atoms with Crippen LogP contribution in [-0.2, 0) is 17.9 Å². The monoisotopic (exact) mass is 408 g/mol. The number of hydrogen-bond donors (Lipinski definition) is 1. The van der Waals surface area contributed by atoms with Gasteiger partial charge < -0.3 is 10.2 Å². The van der Waals surface area contributed by atoms with Crippen LogP contribution in [0.25, 0.3) is 11.0 Å². The summed E-state index contributed by atoms with van der Waals surface area (Å²) in [5.74, 6) is -0.0208. The summed E-state index contributed by atoms with van der Waals surface area (Å²) in [6, 6.07) is 7.14. The molecule has 1 N–H and O–H groups in total. The van der Waals surface area contributed by atoms with Gasteiger partial charge in [-0.2, -0.15) is 10.2 Å². The number of hydrogen-bond acceptors (Lipinski definition) is 4. The fourth-order valence-corrected chi connectivity index (χ4v) is 4.04. The lowest BCUT2D eigenvalue weighted by atomic mass is 10.1. The summed E-state index contributed by atoms with van der Waals surface area (Å²) in [5.41, 5.74) is 4.24. The molecule has 0 spiro atoms. The third-order valence-electron chi connectivity index (χ3n) is 5.62. The molecule has 1 aliphatic rings. The molecule has 30 heavy (non-hydrogen) atoms. The van der Waals surface area contributed by atoms with Crippen molar-refractivity contribution in [2.75, 3.05) is 18.4 Å².